The molecule has 114 valence electrons. The van der Waals surface area contributed by atoms with Gasteiger partial charge in [0.1, 0.15) is 4.90 Å². The molecule has 1 aliphatic rings. The number of H-pyrrole nitrogens is 1. The summed E-state index contributed by atoms with van der Waals surface area (Å²) in [6.45, 7) is 3.95. The Bertz CT molecular complexity index is 698. The number of hydrogen-bond donors (Lipinski definition) is 1. The average molecular weight is 326 g/mol. The van der Waals surface area contributed by atoms with Crippen molar-refractivity contribution in [3.63, 3.8) is 0 Å². The number of nitrogens with zero attached hydrogens (tertiary/aromatic N) is 3. The highest BCUT2D eigenvalue weighted by atomic mass is 32.2. The molecular formula is C13H18N4O2S2. The summed E-state index contributed by atoms with van der Waals surface area (Å²) in [6, 6.07) is 0.128. The lowest BCUT2D eigenvalue weighted by Gasteiger charge is -2.21. The van der Waals surface area contributed by atoms with Crippen LogP contribution in [-0.2, 0) is 16.4 Å². The number of aryl methyl sites for hydroxylation is 2. The maximum absolute atomic E-state index is 12.9. The van der Waals surface area contributed by atoms with Crippen LogP contribution in [0.3, 0.4) is 0 Å². The molecule has 1 aliphatic carbocycles. The molecule has 0 saturated heterocycles. The number of nitrogens with one attached hydrogen (secondary N) is 1. The summed E-state index contributed by atoms with van der Waals surface area (Å²) in [7, 11) is -3.49. The van der Waals surface area contributed by atoms with Gasteiger partial charge in [-0.15, -0.1) is 11.3 Å². The Balaban J connectivity index is 1.86. The van der Waals surface area contributed by atoms with Gasteiger partial charge in [0.2, 0.25) is 10.0 Å². The van der Waals surface area contributed by atoms with Crippen LogP contribution in [0.1, 0.15) is 29.2 Å². The lowest BCUT2D eigenvalue weighted by atomic mass is 10.4. The van der Waals surface area contributed by atoms with Crippen LogP contribution < -0.4 is 0 Å². The third-order valence-corrected chi connectivity index (χ3v) is 6.67. The molecule has 0 spiro atoms. The average Bonchev–Trinajstić information content (AvgIpc) is 2.98. The summed E-state index contributed by atoms with van der Waals surface area (Å²) in [5, 5.41) is 9.66. The fourth-order valence-corrected chi connectivity index (χ4v) is 5.11. The molecule has 1 fully saturated rings. The summed E-state index contributed by atoms with van der Waals surface area (Å²) in [5.74, 6) is 0. The van der Waals surface area contributed by atoms with Gasteiger partial charge in [0, 0.05) is 30.6 Å². The molecular weight excluding hydrogens is 308 g/mol. The molecule has 21 heavy (non-hydrogen) atoms. The maximum Gasteiger partial charge on any atom is 0.246 e. The second-order valence-electron chi connectivity index (χ2n) is 5.29. The standard InChI is InChI=1S/C13H18N4O2S2/c1-9-13(10(2)16-15-9)21(18,19)17(11-3-4-11)7-5-12-14-6-8-20-12/h6,8,11H,3-5,7H2,1-2H3,(H,15,16). The van der Waals surface area contributed by atoms with E-state index < -0.39 is 10.0 Å². The smallest absolute Gasteiger partial charge is 0.246 e. The Morgan fingerprint density at radius 1 is 1.43 bits per heavy atom. The largest absolute Gasteiger partial charge is 0.281 e. The van der Waals surface area contributed by atoms with Gasteiger partial charge in [0.15, 0.2) is 0 Å². The molecule has 0 aromatic carbocycles. The lowest BCUT2D eigenvalue weighted by molar-refractivity contribution is 0.406. The van der Waals surface area contributed by atoms with Crippen molar-refractivity contribution in [1.29, 1.82) is 0 Å². The molecule has 1 N–H and O–H groups in total. The van der Waals surface area contributed by atoms with Crippen molar-refractivity contribution in [2.24, 2.45) is 0 Å². The molecule has 8 heteroatoms. The molecule has 0 atom stereocenters. The molecule has 1 saturated carbocycles. The topological polar surface area (TPSA) is 79.0 Å². The highest BCUT2D eigenvalue weighted by molar-refractivity contribution is 7.89. The van der Waals surface area contributed by atoms with Gasteiger partial charge in [0.05, 0.1) is 16.4 Å². The quantitative estimate of drug-likeness (QED) is 0.879. The molecule has 0 unspecified atom stereocenters. The number of aromatic nitrogens is 3. The molecule has 3 rings (SSSR count). The molecule has 0 aliphatic heterocycles. The summed E-state index contributed by atoms with van der Waals surface area (Å²) in [6.07, 6.45) is 4.28. The highest BCUT2D eigenvalue weighted by Crippen LogP contribution is 2.33. The normalized spacial score (nSPS) is 15.8. The van der Waals surface area contributed by atoms with E-state index >= 15 is 0 Å². The van der Waals surface area contributed by atoms with Crippen LogP contribution in [0.5, 0.6) is 0 Å². The summed E-state index contributed by atoms with van der Waals surface area (Å²) >= 11 is 1.56. The van der Waals surface area contributed by atoms with Crippen LogP contribution in [0.15, 0.2) is 16.5 Å². The molecule has 2 aromatic heterocycles. The van der Waals surface area contributed by atoms with E-state index in [4.69, 9.17) is 0 Å². The van der Waals surface area contributed by atoms with Gasteiger partial charge in [-0.2, -0.15) is 9.40 Å². The fraction of sp³-hybridized carbons (Fsp3) is 0.538. The summed E-state index contributed by atoms with van der Waals surface area (Å²) in [4.78, 5) is 4.55. The van der Waals surface area contributed by atoms with Crippen LogP contribution in [0.2, 0.25) is 0 Å². The zero-order chi connectivity index (χ0) is 15.0. The van der Waals surface area contributed by atoms with Crippen molar-refractivity contribution >= 4 is 21.4 Å². The van der Waals surface area contributed by atoms with E-state index in [1.54, 1.807) is 35.7 Å². The third-order valence-electron chi connectivity index (χ3n) is 3.61. The van der Waals surface area contributed by atoms with Crippen molar-refractivity contribution in [2.75, 3.05) is 6.54 Å². The predicted molar refractivity (Wildman–Crippen MR) is 80.8 cm³/mol. The van der Waals surface area contributed by atoms with E-state index in [-0.39, 0.29) is 6.04 Å². The number of rotatable bonds is 6. The molecule has 0 radical (unpaired) electrons. The van der Waals surface area contributed by atoms with E-state index in [0.29, 0.717) is 29.2 Å². The first kappa shape index (κ1) is 14.7. The van der Waals surface area contributed by atoms with Crippen LogP contribution in [0.25, 0.3) is 0 Å². The first-order valence-electron chi connectivity index (χ1n) is 6.92. The van der Waals surface area contributed by atoms with Crippen molar-refractivity contribution in [3.05, 3.63) is 28.0 Å². The van der Waals surface area contributed by atoms with Crippen molar-refractivity contribution in [3.8, 4) is 0 Å². The van der Waals surface area contributed by atoms with Gasteiger partial charge >= 0.3 is 0 Å². The minimum atomic E-state index is -3.49. The van der Waals surface area contributed by atoms with Crippen LogP contribution in [0.4, 0.5) is 0 Å². The molecule has 0 bridgehead atoms. The van der Waals surface area contributed by atoms with Gasteiger partial charge in [-0.1, -0.05) is 0 Å². The third kappa shape index (κ3) is 2.88. The Morgan fingerprint density at radius 2 is 2.19 bits per heavy atom. The minimum absolute atomic E-state index is 0.128. The number of thiazole rings is 1. The van der Waals surface area contributed by atoms with Crippen molar-refractivity contribution in [1.82, 2.24) is 19.5 Å². The van der Waals surface area contributed by atoms with E-state index in [1.165, 1.54) is 0 Å². The van der Waals surface area contributed by atoms with Crippen LogP contribution >= 0.6 is 11.3 Å². The second-order valence-corrected chi connectivity index (χ2v) is 8.09. The minimum Gasteiger partial charge on any atom is -0.281 e. The fourth-order valence-electron chi connectivity index (χ4n) is 2.48. The predicted octanol–water partition coefficient (Wildman–Crippen LogP) is 1.88. The summed E-state index contributed by atoms with van der Waals surface area (Å²) in [5.41, 5.74) is 1.14. The van der Waals surface area contributed by atoms with Crippen molar-refractivity contribution < 1.29 is 8.42 Å². The Hall–Kier alpha value is -1.25. The lowest BCUT2D eigenvalue weighted by Crippen LogP contribution is -2.35. The molecule has 2 heterocycles. The van der Waals surface area contributed by atoms with E-state index in [9.17, 15) is 8.42 Å². The first-order chi connectivity index (χ1) is 10.00. The Morgan fingerprint density at radius 3 is 2.71 bits per heavy atom. The van der Waals surface area contributed by atoms with Crippen molar-refractivity contribution in [2.45, 2.75) is 44.0 Å². The van der Waals surface area contributed by atoms with E-state index in [1.807, 2.05) is 5.38 Å². The maximum atomic E-state index is 12.9. The van der Waals surface area contributed by atoms with Gasteiger partial charge in [-0.3, -0.25) is 5.10 Å². The molecule has 2 aromatic rings. The van der Waals surface area contributed by atoms with Gasteiger partial charge in [-0.05, 0) is 26.7 Å². The SMILES string of the molecule is Cc1n[nH]c(C)c1S(=O)(=O)N(CCc1nccs1)C1CC1. The Kier molecular flexibility index (Phi) is 3.85. The summed E-state index contributed by atoms with van der Waals surface area (Å²) < 4.78 is 27.5. The molecule has 0 amide bonds. The highest BCUT2D eigenvalue weighted by Gasteiger charge is 2.39. The first-order valence-corrected chi connectivity index (χ1v) is 9.24. The van der Waals surface area contributed by atoms with E-state index in [2.05, 4.69) is 15.2 Å². The zero-order valence-electron chi connectivity index (χ0n) is 12.0. The van der Waals surface area contributed by atoms with Gasteiger partial charge in [-0.25, -0.2) is 13.4 Å². The monoisotopic (exact) mass is 326 g/mol. The van der Waals surface area contributed by atoms with E-state index in [0.717, 1.165) is 17.8 Å². The van der Waals surface area contributed by atoms with Crippen LogP contribution in [-0.4, -0.2) is 40.5 Å². The van der Waals surface area contributed by atoms with Gasteiger partial charge < -0.3 is 0 Å². The molecule has 6 nitrogen and oxygen atoms in total. The Labute approximate surface area is 128 Å². The second kappa shape index (κ2) is 5.51. The van der Waals surface area contributed by atoms with Gasteiger partial charge in [0.25, 0.3) is 0 Å². The number of sulfonamides is 1. The van der Waals surface area contributed by atoms with Crippen LogP contribution in [0, 0.1) is 13.8 Å². The number of hydrogen-bond acceptors (Lipinski definition) is 5. The zero-order valence-corrected chi connectivity index (χ0v) is 13.7. The number of aromatic amines is 1.